The highest BCUT2D eigenvalue weighted by atomic mass is 19.1. The van der Waals surface area contributed by atoms with Crippen molar-refractivity contribution in [2.45, 2.75) is 25.8 Å². The predicted octanol–water partition coefficient (Wildman–Crippen LogP) is 1.63. The number of halogens is 1. The number of phenols is 1. The minimum atomic E-state index is -0.619. The van der Waals surface area contributed by atoms with E-state index < -0.39 is 5.82 Å². The van der Waals surface area contributed by atoms with Crippen LogP contribution >= 0.6 is 0 Å². The van der Waals surface area contributed by atoms with Crippen molar-refractivity contribution in [1.29, 1.82) is 0 Å². The molecule has 4 nitrogen and oxygen atoms in total. The van der Waals surface area contributed by atoms with Gasteiger partial charge in [0.05, 0.1) is 6.04 Å². The summed E-state index contributed by atoms with van der Waals surface area (Å²) in [6, 6.07) is 4.36. The third-order valence-electron chi connectivity index (χ3n) is 2.56. The Morgan fingerprint density at radius 3 is 2.59 bits per heavy atom. The van der Waals surface area contributed by atoms with E-state index in [1.165, 1.54) is 6.07 Å². The van der Waals surface area contributed by atoms with Crippen LogP contribution in [0.15, 0.2) is 18.2 Å². The van der Waals surface area contributed by atoms with Crippen LogP contribution in [0.25, 0.3) is 0 Å². The van der Waals surface area contributed by atoms with Crippen LogP contribution in [0.5, 0.6) is 5.75 Å². The van der Waals surface area contributed by atoms with E-state index >= 15 is 0 Å². The van der Waals surface area contributed by atoms with Crippen molar-refractivity contribution in [3.63, 3.8) is 0 Å². The Hall–Kier alpha value is -1.17. The van der Waals surface area contributed by atoms with Crippen LogP contribution in [0.3, 0.4) is 0 Å². The number of hydrogen-bond acceptors (Lipinski definition) is 4. The van der Waals surface area contributed by atoms with Gasteiger partial charge in [0.1, 0.15) is 0 Å². The molecule has 0 saturated heterocycles. The Balaban J connectivity index is 2.58. The number of aromatic hydroxyl groups is 1. The lowest BCUT2D eigenvalue weighted by Gasteiger charge is -2.22. The number of methoxy groups -OCH3 is 2. The number of ether oxygens (including phenoxy) is 2. The zero-order valence-corrected chi connectivity index (χ0v) is 10.2. The molecular weight excluding hydrogens is 225 g/mol. The average molecular weight is 243 g/mol. The van der Waals surface area contributed by atoms with Crippen LogP contribution in [-0.2, 0) is 16.0 Å². The molecule has 1 aromatic rings. The third-order valence-corrected chi connectivity index (χ3v) is 2.56. The number of para-hydroxylation sites is 1. The van der Waals surface area contributed by atoms with Crippen molar-refractivity contribution >= 4 is 0 Å². The molecule has 0 fully saturated rings. The van der Waals surface area contributed by atoms with Gasteiger partial charge < -0.3 is 19.9 Å². The van der Waals surface area contributed by atoms with Gasteiger partial charge >= 0.3 is 0 Å². The molecule has 1 unspecified atom stereocenters. The van der Waals surface area contributed by atoms with Crippen molar-refractivity contribution in [3.8, 4) is 5.75 Å². The highest BCUT2D eigenvalue weighted by Gasteiger charge is 2.15. The average Bonchev–Trinajstić information content (AvgIpc) is 2.32. The molecule has 1 aromatic carbocycles. The second kappa shape index (κ2) is 6.54. The molecule has 0 aliphatic rings. The topological polar surface area (TPSA) is 50.7 Å². The molecule has 96 valence electrons. The predicted molar refractivity (Wildman–Crippen MR) is 62.2 cm³/mol. The summed E-state index contributed by atoms with van der Waals surface area (Å²) < 4.78 is 23.2. The summed E-state index contributed by atoms with van der Waals surface area (Å²) in [7, 11) is 3.10. The molecule has 5 heteroatoms. The zero-order valence-electron chi connectivity index (χ0n) is 10.2. The minimum Gasteiger partial charge on any atom is -0.505 e. The first-order chi connectivity index (χ1) is 8.10. The van der Waals surface area contributed by atoms with E-state index in [1.807, 2.05) is 6.92 Å². The minimum absolute atomic E-state index is 0.0762. The molecule has 0 bridgehead atoms. The van der Waals surface area contributed by atoms with Crippen LogP contribution in [0.2, 0.25) is 0 Å². The van der Waals surface area contributed by atoms with E-state index in [2.05, 4.69) is 5.32 Å². The van der Waals surface area contributed by atoms with Crippen LogP contribution in [-0.4, -0.2) is 31.7 Å². The zero-order chi connectivity index (χ0) is 12.8. The van der Waals surface area contributed by atoms with Crippen LogP contribution < -0.4 is 5.32 Å². The quantitative estimate of drug-likeness (QED) is 0.746. The van der Waals surface area contributed by atoms with E-state index in [9.17, 15) is 9.50 Å². The lowest BCUT2D eigenvalue weighted by atomic mass is 10.2. The molecule has 0 aromatic heterocycles. The number of benzene rings is 1. The second-order valence-electron chi connectivity index (χ2n) is 3.76. The maximum Gasteiger partial charge on any atom is 0.171 e. The van der Waals surface area contributed by atoms with Crippen molar-refractivity contribution in [3.05, 3.63) is 29.6 Å². The van der Waals surface area contributed by atoms with Crippen LogP contribution in [0, 0.1) is 5.82 Å². The lowest BCUT2D eigenvalue weighted by molar-refractivity contribution is -0.119. The highest BCUT2D eigenvalue weighted by molar-refractivity contribution is 5.33. The number of rotatable bonds is 6. The summed E-state index contributed by atoms with van der Waals surface area (Å²) in [5.74, 6) is -0.939. The monoisotopic (exact) mass is 243 g/mol. The van der Waals surface area contributed by atoms with Crippen molar-refractivity contribution < 1.29 is 19.0 Å². The lowest BCUT2D eigenvalue weighted by Crippen LogP contribution is -2.39. The van der Waals surface area contributed by atoms with E-state index in [-0.39, 0.29) is 18.1 Å². The largest absolute Gasteiger partial charge is 0.505 e. The Bertz CT molecular complexity index is 356. The molecular formula is C12H18FNO3. The molecule has 0 saturated carbocycles. The highest BCUT2D eigenvalue weighted by Crippen LogP contribution is 2.20. The van der Waals surface area contributed by atoms with Gasteiger partial charge in [-0.3, -0.25) is 0 Å². The Labute approximate surface area is 100 Å². The van der Waals surface area contributed by atoms with Gasteiger partial charge in [0, 0.05) is 26.3 Å². The first-order valence-electron chi connectivity index (χ1n) is 5.35. The molecule has 0 heterocycles. The van der Waals surface area contributed by atoms with Gasteiger partial charge in [0.25, 0.3) is 0 Å². The van der Waals surface area contributed by atoms with E-state index in [0.29, 0.717) is 12.1 Å². The first-order valence-corrected chi connectivity index (χ1v) is 5.35. The summed E-state index contributed by atoms with van der Waals surface area (Å²) in [6.07, 6.45) is -0.384. The van der Waals surface area contributed by atoms with E-state index in [0.717, 1.165) is 0 Å². The fourth-order valence-electron chi connectivity index (χ4n) is 1.57. The molecule has 0 aliphatic carbocycles. The van der Waals surface area contributed by atoms with Gasteiger partial charge in [0.2, 0.25) is 0 Å². The van der Waals surface area contributed by atoms with Gasteiger partial charge in [-0.25, -0.2) is 4.39 Å². The van der Waals surface area contributed by atoms with Gasteiger partial charge in [-0.15, -0.1) is 0 Å². The second-order valence-corrected chi connectivity index (χ2v) is 3.76. The molecule has 0 radical (unpaired) electrons. The summed E-state index contributed by atoms with van der Waals surface area (Å²) in [5.41, 5.74) is 0.503. The maximum absolute atomic E-state index is 13.1. The normalized spacial score (nSPS) is 13.0. The third kappa shape index (κ3) is 3.66. The standard InChI is InChI=1S/C12H18FNO3/c1-8(12(16-2)17-3)14-7-9-5-4-6-10(13)11(9)15/h4-6,8,12,14-15H,7H2,1-3H3. The summed E-state index contributed by atoms with van der Waals surface area (Å²) >= 11 is 0. The molecule has 0 spiro atoms. The van der Waals surface area contributed by atoms with Crippen LogP contribution in [0.1, 0.15) is 12.5 Å². The fraction of sp³-hybridized carbons (Fsp3) is 0.500. The summed E-state index contributed by atoms with van der Waals surface area (Å²) in [4.78, 5) is 0. The Morgan fingerprint density at radius 1 is 1.35 bits per heavy atom. The van der Waals surface area contributed by atoms with Crippen molar-refractivity contribution in [1.82, 2.24) is 5.32 Å². The molecule has 0 aliphatic heterocycles. The van der Waals surface area contributed by atoms with Crippen molar-refractivity contribution in [2.75, 3.05) is 14.2 Å². The van der Waals surface area contributed by atoms with Gasteiger partial charge in [-0.05, 0) is 13.0 Å². The number of hydrogen-bond donors (Lipinski definition) is 2. The molecule has 1 rings (SSSR count). The molecule has 17 heavy (non-hydrogen) atoms. The smallest absolute Gasteiger partial charge is 0.171 e. The SMILES string of the molecule is COC(OC)C(C)NCc1cccc(F)c1O. The summed E-state index contributed by atoms with van der Waals surface area (Å²) in [6.45, 7) is 2.22. The molecule has 1 atom stereocenters. The van der Waals surface area contributed by atoms with Gasteiger partial charge in [-0.2, -0.15) is 0 Å². The molecule has 2 N–H and O–H groups in total. The van der Waals surface area contributed by atoms with E-state index in [4.69, 9.17) is 9.47 Å². The summed E-state index contributed by atoms with van der Waals surface area (Å²) in [5, 5.41) is 12.6. The molecule has 0 amide bonds. The number of phenolic OH excluding ortho intramolecular Hbond substituents is 1. The number of nitrogens with one attached hydrogen (secondary N) is 1. The fourth-order valence-corrected chi connectivity index (χ4v) is 1.57. The van der Waals surface area contributed by atoms with Crippen LogP contribution in [0.4, 0.5) is 4.39 Å². The maximum atomic E-state index is 13.1. The first kappa shape index (κ1) is 13.9. The van der Waals surface area contributed by atoms with Gasteiger partial charge in [-0.1, -0.05) is 12.1 Å². The Morgan fingerprint density at radius 2 is 2.00 bits per heavy atom. The van der Waals surface area contributed by atoms with E-state index in [1.54, 1.807) is 26.4 Å². The Kier molecular flexibility index (Phi) is 5.34. The van der Waals surface area contributed by atoms with Gasteiger partial charge in [0.15, 0.2) is 17.9 Å². The van der Waals surface area contributed by atoms with Crippen molar-refractivity contribution in [2.24, 2.45) is 0 Å².